The summed E-state index contributed by atoms with van der Waals surface area (Å²) in [6.45, 7) is 3.29. The van der Waals surface area contributed by atoms with Crippen LogP contribution in [-0.2, 0) is 6.42 Å². The number of aromatic amines is 1. The summed E-state index contributed by atoms with van der Waals surface area (Å²) in [4.78, 5) is 2.35. The lowest BCUT2D eigenvalue weighted by Gasteiger charge is -2.30. The maximum Gasteiger partial charge on any atom is 0.251 e. The largest absolute Gasteiger partial charge is 0.299 e. The second kappa shape index (κ2) is 3.41. The Morgan fingerprint density at radius 3 is 3.12 bits per heavy atom. The van der Waals surface area contributed by atoms with E-state index in [0.717, 1.165) is 13.0 Å². The molecule has 6 heteroatoms. The van der Waals surface area contributed by atoms with Crippen LogP contribution in [0.15, 0.2) is 12.3 Å². The molecular weight excluding hydrogens is 204 g/mol. The molecular formula is C10H14N6. The van der Waals surface area contributed by atoms with Gasteiger partial charge in [-0.25, -0.2) is 5.10 Å². The van der Waals surface area contributed by atoms with Gasteiger partial charge in [-0.3, -0.25) is 9.47 Å². The molecule has 0 aromatic carbocycles. The summed E-state index contributed by atoms with van der Waals surface area (Å²) in [6, 6.07) is 2.61. The molecule has 0 amide bonds. The first-order valence-electron chi connectivity index (χ1n) is 5.42. The van der Waals surface area contributed by atoms with Crippen LogP contribution in [0.2, 0.25) is 0 Å². The zero-order valence-electron chi connectivity index (χ0n) is 9.38. The van der Waals surface area contributed by atoms with E-state index in [-0.39, 0.29) is 0 Å². The van der Waals surface area contributed by atoms with Crippen molar-refractivity contribution in [2.75, 3.05) is 13.6 Å². The molecule has 3 rings (SSSR count). The summed E-state index contributed by atoms with van der Waals surface area (Å²) >= 11 is 0. The topological polar surface area (TPSA) is 62.6 Å². The zero-order valence-corrected chi connectivity index (χ0v) is 9.38. The number of likely N-dealkylation sites (N-methyl/N-ethyl adjacent to an activating group) is 1. The van der Waals surface area contributed by atoms with Crippen LogP contribution in [0.1, 0.15) is 24.2 Å². The molecule has 0 aliphatic carbocycles. The van der Waals surface area contributed by atoms with Gasteiger partial charge in [0, 0.05) is 30.9 Å². The van der Waals surface area contributed by atoms with E-state index in [2.05, 4.69) is 45.6 Å². The molecule has 3 heterocycles. The minimum absolute atomic E-state index is 0.459. The van der Waals surface area contributed by atoms with Crippen molar-refractivity contribution in [2.24, 2.45) is 0 Å². The van der Waals surface area contributed by atoms with Crippen molar-refractivity contribution in [1.29, 1.82) is 0 Å². The van der Waals surface area contributed by atoms with Gasteiger partial charge in [-0.2, -0.15) is 0 Å². The summed E-state index contributed by atoms with van der Waals surface area (Å²) in [5.41, 5.74) is 2.68. The van der Waals surface area contributed by atoms with Gasteiger partial charge in [-0.05, 0) is 36.0 Å². The Morgan fingerprint density at radius 1 is 1.50 bits per heavy atom. The Labute approximate surface area is 93.3 Å². The molecule has 0 saturated carbocycles. The minimum atomic E-state index is 0.459. The number of nitrogens with one attached hydrogen (secondary N) is 1. The predicted octanol–water partition coefficient (Wildman–Crippen LogP) is 0.539. The Balaban J connectivity index is 2.08. The molecule has 0 saturated heterocycles. The molecule has 1 aliphatic heterocycles. The van der Waals surface area contributed by atoms with Crippen LogP contribution in [0.25, 0.3) is 5.95 Å². The van der Waals surface area contributed by atoms with Gasteiger partial charge in [0.25, 0.3) is 5.95 Å². The predicted molar refractivity (Wildman–Crippen MR) is 58.3 cm³/mol. The lowest BCUT2D eigenvalue weighted by atomic mass is 10.0. The molecule has 0 fully saturated rings. The number of fused-ring (bicyclic) bond motifs is 1. The van der Waals surface area contributed by atoms with Gasteiger partial charge in [0.05, 0.1) is 0 Å². The molecule has 2 aromatic heterocycles. The molecule has 1 N–H and O–H groups in total. The SMILES string of the molecule is CC1c2ccn(-c3nnn[nH]3)c2CCN1C. The summed E-state index contributed by atoms with van der Waals surface area (Å²) < 4.78 is 2.04. The van der Waals surface area contributed by atoms with E-state index in [1.165, 1.54) is 11.3 Å². The number of hydrogen-bond donors (Lipinski definition) is 1. The summed E-state index contributed by atoms with van der Waals surface area (Å²) in [7, 11) is 2.15. The van der Waals surface area contributed by atoms with Gasteiger partial charge in [0.2, 0.25) is 0 Å². The standard InChI is InChI=1S/C10H14N6/c1-7-8-3-6-16(10-11-13-14-12-10)9(8)4-5-15(7)2/h3,6-7H,4-5H2,1-2H3,(H,11,12,13,14). The van der Waals surface area contributed by atoms with E-state index < -0.39 is 0 Å². The minimum Gasteiger partial charge on any atom is -0.299 e. The first-order chi connectivity index (χ1) is 7.77. The average molecular weight is 218 g/mol. The zero-order chi connectivity index (χ0) is 11.1. The van der Waals surface area contributed by atoms with Crippen LogP contribution in [0.4, 0.5) is 0 Å². The van der Waals surface area contributed by atoms with Crippen molar-refractivity contribution in [3.8, 4) is 5.95 Å². The highest BCUT2D eigenvalue weighted by molar-refractivity contribution is 5.33. The molecule has 2 aromatic rings. The van der Waals surface area contributed by atoms with Crippen LogP contribution in [0.5, 0.6) is 0 Å². The quantitative estimate of drug-likeness (QED) is 0.758. The van der Waals surface area contributed by atoms with Gasteiger partial charge in [0.15, 0.2) is 0 Å². The Bertz CT molecular complexity index is 485. The van der Waals surface area contributed by atoms with Crippen molar-refractivity contribution in [2.45, 2.75) is 19.4 Å². The van der Waals surface area contributed by atoms with Crippen LogP contribution >= 0.6 is 0 Å². The van der Waals surface area contributed by atoms with Gasteiger partial charge in [0.1, 0.15) is 0 Å². The fourth-order valence-electron chi connectivity index (χ4n) is 2.29. The third kappa shape index (κ3) is 1.26. The maximum absolute atomic E-state index is 3.94. The smallest absolute Gasteiger partial charge is 0.251 e. The van der Waals surface area contributed by atoms with Crippen LogP contribution in [0.3, 0.4) is 0 Å². The van der Waals surface area contributed by atoms with Gasteiger partial charge in [-0.15, -0.1) is 0 Å². The third-order valence-electron chi connectivity index (χ3n) is 3.40. The summed E-state index contributed by atoms with van der Waals surface area (Å²) in [6.07, 6.45) is 3.06. The normalized spacial score (nSPS) is 21.0. The van der Waals surface area contributed by atoms with E-state index in [0.29, 0.717) is 12.0 Å². The fraction of sp³-hybridized carbons (Fsp3) is 0.500. The molecule has 6 nitrogen and oxygen atoms in total. The number of aromatic nitrogens is 5. The lowest BCUT2D eigenvalue weighted by molar-refractivity contribution is 0.245. The first-order valence-corrected chi connectivity index (χ1v) is 5.42. The monoisotopic (exact) mass is 218 g/mol. The summed E-state index contributed by atoms with van der Waals surface area (Å²) in [5.74, 6) is 0.693. The molecule has 1 atom stereocenters. The highest BCUT2D eigenvalue weighted by Gasteiger charge is 2.24. The Kier molecular flexibility index (Phi) is 2.03. The van der Waals surface area contributed by atoms with E-state index in [1.54, 1.807) is 0 Å². The highest BCUT2D eigenvalue weighted by Crippen LogP contribution is 2.29. The summed E-state index contributed by atoms with van der Waals surface area (Å²) in [5, 5.41) is 14.0. The van der Waals surface area contributed by atoms with Gasteiger partial charge in [-0.1, -0.05) is 5.10 Å². The van der Waals surface area contributed by atoms with E-state index in [1.807, 2.05) is 10.8 Å². The average Bonchev–Trinajstić information content (AvgIpc) is 2.91. The Hall–Kier alpha value is -1.69. The molecule has 84 valence electrons. The lowest BCUT2D eigenvalue weighted by Crippen LogP contribution is -2.30. The van der Waals surface area contributed by atoms with E-state index in [9.17, 15) is 0 Å². The number of H-pyrrole nitrogens is 1. The molecule has 0 bridgehead atoms. The highest BCUT2D eigenvalue weighted by atomic mass is 15.5. The van der Waals surface area contributed by atoms with Crippen molar-refractivity contribution >= 4 is 0 Å². The van der Waals surface area contributed by atoms with Crippen molar-refractivity contribution in [3.63, 3.8) is 0 Å². The maximum atomic E-state index is 3.94. The van der Waals surface area contributed by atoms with Crippen molar-refractivity contribution < 1.29 is 0 Å². The number of nitrogens with zero attached hydrogens (tertiary/aromatic N) is 5. The van der Waals surface area contributed by atoms with E-state index >= 15 is 0 Å². The van der Waals surface area contributed by atoms with E-state index in [4.69, 9.17) is 0 Å². The molecule has 1 unspecified atom stereocenters. The number of hydrogen-bond acceptors (Lipinski definition) is 4. The first kappa shape index (κ1) is 9.53. The van der Waals surface area contributed by atoms with Crippen molar-refractivity contribution in [3.05, 3.63) is 23.5 Å². The second-order valence-corrected chi connectivity index (χ2v) is 4.22. The Morgan fingerprint density at radius 2 is 2.38 bits per heavy atom. The molecule has 0 radical (unpaired) electrons. The second-order valence-electron chi connectivity index (χ2n) is 4.22. The molecule has 0 spiro atoms. The molecule has 16 heavy (non-hydrogen) atoms. The van der Waals surface area contributed by atoms with Crippen LogP contribution in [-0.4, -0.2) is 43.7 Å². The number of rotatable bonds is 1. The van der Waals surface area contributed by atoms with Crippen LogP contribution in [0, 0.1) is 0 Å². The fourth-order valence-corrected chi connectivity index (χ4v) is 2.29. The van der Waals surface area contributed by atoms with Crippen molar-refractivity contribution in [1.82, 2.24) is 30.1 Å². The van der Waals surface area contributed by atoms with Crippen LogP contribution < -0.4 is 0 Å². The third-order valence-corrected chi connectivity index (χ3v) is 3.40. The number of tetrazole rings is 1. The molecule has 1 aliphatic rings. The van der Waals surface area contributed by atoms with Gasteiger partial charge < -0.3 is 0 Å². The van der Waals surface area contributed by atoms with Gasteiger partial charge >= 0.3 is 0 Å².